The summed E-state index contributed by atoms with van der Waals surface area (Å²) in [5, 5.41) is 3.15. The Balaban J connectivity index is 0.00000162. The molecule has 0 spiro atoms. The van der Waals surface area contributed by atoms with Crippen LogP contribution in [-0.2, 0) is 6.54 Å². The van der Waals surface area contributed by atoms with E-state index >= 15 is 0 Å². The maximum atomic E-state index is 5.57. The van der Waals surface area contributed by atoms with E-state index in [0.29, 0.717) is 13.2 Å². The first-order valence-corrected chi connectivity index (χ1v) is 6.01. The van der Waals surface area contributed by atoms with Gasteiger partial charge in [0.1, 0.15) is 13.2 Å². The Morgan fingerprint density at radius 1 is 1.22 bits per heavy atom. The molecule has 1 aromatic rings. The molecule has 1 aliphatic rings. The predicted molar refractivity (Wildman–Crippen MR) is 74.9 cm³/mol. The molecule has 0 saturated carbocycles. The van der Waals surface area contributed by atoms with E-state index in [1.807, 2.05) is 13.1 Å². The third-order valence-corrected chi connectivity index (χ3v) is 2.80. The van der Waals surface area contributed by atoms with Crippen molar-refractivity contribution in [1.29, 1.82) is 0 Å². The van der Waals surface area contributed by atoms with Crippen LogP contribution >= 0.6 is 12.4 Å². The van der Waals surface area contributed by atoms with Gasteiger partial charge < -0.3 is 19.7 Å². The summed E-state index contributed by atoms with van der Waals surface area (Å²) in [6.07, 6.45) is 0. The molecule has 0 unspecified atom stereocenters. The molecule has 18 heavy (non-hydrogen) atoms. The number of rotatable bonds is 5. The maximum Gasteiger partial charge on any atom is 0.161 e. The third kappa shape index (κ3) is 4.05. The highest BCUT2D eigenvalue weighted by molar-refractivity contribution is 5.85. The van der Waals surface area contributed by atoms with Crippen LogP contribution in [0.4, 0.5) is 0 Å². The van der Waals surface area contributed by atoms with E-state index in [2.05, 4.69) is 29.4 Å². The maximum absolute atomic E-state index is 5.57. The molecule has 0 amide bonds. The highest BCUT2D eigenvalue weighted by atomic mass is 35.5. The van der Waals surface area contributed by atoms with E-state index in [1.165, 1.54) is 5.56 Å². The number of hydrogen-bond donors (Lipinski definition) is 1. The molecule has 1 aromatic carbocycles. The van der Waals surface area contributed by atoms with Gasteiger partial charge in [-0.3, -0.25) is 0 Å². The van der Waals surface area contributed by atoms with Gasteiger partial charge in [0.25, 0.3) is 0 Å². The standard InChI is InChI=1S/C13H20N2O2.ClH/c1-14-5-6-15(2)10-11-3-4-12-13(9-11)17-8-7-16-12;/h3-4,9,14H,5-8,10H2,1-2H3;1H. The Hall–Kier alpha value is -0.970. The molecule has 1 aliphatic heterocycles. The lowest BCUT2D eigenvalue weighted by Crippen LogP contribution is -2.27. The average molecular weight is 273 g/mol. The first-order chi connectivity index (χ1) is 8.29. The van der Waals surface area contributed by atoms with Crippen molar-refractivity contribution in [3.8, 4) is 11.5 Å². The molecule has 0 atom stereocenters. The van der Waals surface area contributed by atoms with Crippen LogP contribution in [0.5, 0.6) is 11.5 Å². The summed E-state index contributed by atoms with van der Waals surface area (Å²) in [5.74, 6) is 1.73. The SMILES string of the molecule is CNCCN(C)Cc1ccc2c(c1)OCCO2.Cl. The lowest BCUT2D eigenvalue weighted by Gasteiger charge is -2.21. The van der Waals surface area contributed by atoms with Gasteiger partial charge in [0, 0.05) is 19.6 Å². The third-order valence-electron chi connectivity index (χ3n) is 2.80. The second-order valence-corrected chi connectivity index (χ2v) is 4.32. The van der Waals surface area contributed by atoms with E-state index in [9.17, 15) is 0 Å². The zero-order chi connectivity index (χ0) is 12.1. The van der Waals surface area contributed by atoms with Crippen molar-refractivity contribution in [2.45, 2.75) is 6.54 Å². The average Bonchev–Trinajstić information content (AvgIpc) is 2.36. The van der Waals surface area contributed by atoms with Crippen molar-refractivity contribution in [3.63, 3.8) is 0 Å². The number of likely N-dealkylation sites (N-methyl/N-ethyl adjacent to an activating group) is 2. The van der Waals surface area contributed by atoms with Crippen LogP contribution in [0.15, 0.2) is 18.2 Å². The summed E-state index contributed by atoms with van der Waals surface area (Å²) in [6.45, 7) is 4.25. The molecule has 5 heteroatoms. The van der Waals surface area contributed by atoms with E-state index in [0.717, 1.165) is 31.1 Å². The van der Waals surface area contributed by atoms with Crippen molar-refractivity contribution in [2.24, 2.45) is 0 Å². The number of nitrogens with zero attached hydrogens (tertiary/aromatic N) is 1. The van der Waals surface area contributed by atoms with Crippen LogP contribution in [0.3, 0.4) is 0 Å². The van der Waals surface area contributed by atoms with Crippen LogP contribution in [-0.4, -0.2) is 45.3 Å². The number of hydrogen-bond acceptors (Lipinski definition) is 4. The van der Waals surface area contributed by atoms with Gasteiger partial charge in [-0.2, -0.15) is 0 Å². The largest absolute Gasteiger partial charge is 0.486 e. The van der Waals surface area contributed by atoms with E-state index in [4.69, 9.17) is 9.47 Å². The van der Waals surface area contributed by atoms with Crippen LogP contribution in [0.1, 0.15) is 5.56 Å². The minimum Gasteiger partial charge on any atom is -0.486 e. The molecule has 2 rings (SSSR count). The Morgan fingerprint density at radius 3 is 2.67 bits per heavy atom. The van der Waals surface area contributed by atoms with Crippen molar-refractivity contribution in [3.05, 3.63) is 23.8 Å². The normalized spacial score (nSPS) is 13.3. The van der Waals surface area contributed by atoms with Gasteiger partial charge >= 0.3 is 0 Å². The van der Waals surface area contributed by atoms with Crippen molar-refractivity contribution in [2.75, 3.05) is 40.4 Å². The number of fused-ring (bicyclic) bond motifs is 1. The zero-order valence-corrected chi connectivity index (χ0v) is 11.8. The molecule has 0 fully saturated rings. The fourth-order valence-electron chi connectivity index (χ4n) is 1.88. The number of halogens is 1. The lowest BCUT2D eigenvalue weighted by atomic mass is 10.2. The predicted octanol–water partition coefficient (Wildman–Crippen LogP) is 1.53. The van der Waals surface area contributed by atoms with Crippen LogP contribution in [0.25, 0.3) is 0 Å². The van der Waals surface area contributed by atoms with Gasteiger partial charge in [-0.15, -0.1) is 12.4 Å². The van der Waals surface area contributed by atoms with Gasteiger partial charge in [-0.1, -0.05) is 6.07 Å². The molecule has 0 radical (unpaired) electrons. The molecule has 0 aliphatic carbocycles. The minimum atomic E-state index is 0. The van der Waals surface area contributed by atoms with E-state index < -0.39 is 0 Å². The summed E-state index contributed by atoms with van der Waals surface area (Å²) in [6, 6.07) is 6.17. The monoisotopic (exact) mass is 272 g/mol. The Bertz CT molecular complexity index is 374. The lowest BCUT2D eigenvalue weighted by molar-refractivity contribution is 0.171. The van der Waals surface area contributed by atoms with Crippen LogP contribution in [0.2, 0.25) is 0 Å². The molecule has 0 aromatic heterocycles. The van der Waals surface area contributed by atoms with Gasteiger partial charge in [0.15, 0.2) is 11.5 Å². The van der Waals surface area contributed by atoms with Gasteiger partial charge in [-0.05, 0) is 31.8 Å². The summed E-state index contributed by atoms with van der Waals surface area (Å²) < 4.78 is 11.1. The highest BCUT2D eigenvalue weighted by Gasteiger charge is 2.12. The Kier molecular flexibility index (Phi) is 6.25. The van der Waals surface area contributed by atoms with E-state index in [1.54, 1.807) is 0 Å². The summed E-state index contributed by atoms with van der Waals surface area (Å²) in [7, 11) is 4.09. The number of benzene rings is 1. The fourth-order valence-corrected chi connectivity index (χ4v) is 1.88. The molecule has 4 nitrogen and oxygen atoms in total. The van der Waals surface area contributed by atoms with Crippen molar-refractivity contribution < 1.29 is 9.47 Å². The van der Waals surface area contributed by atoms with Crippen LogP contribution < -0.4 is 14.8 Å². The zero-order valence-electron chi connectivity index (χ0n) is 10.9. The Morgan fingerprint density at radius 2 is 1.94 bits per heavy atom. The summed E-state index contributed by atoms with van der Waals surface area (Å²) >= 11 is 0. The second-order valence-electron chi connectivity index (χ2n) is 4.32. The molecule has 0 bridgehead atoms. The highest BCUT2D eigenvalue weighted by Crippen LogP contribution is 2.30. The molecule has 0 saturated heterocycles. The van der Waals surface area contributed by atoms with Gasteiger partial charge in [0.05, 0.1) is 0 Å². The molecule has 1 N–H and O–H groups in total. The quantitative estimate of drug-likeness (QED) is 0.882. The molecule has 102 valence electrons. The fraction of sp³-hybridized carbons (Fsp3) is 0.538. The molecule has 1 heterocycles. The number of nitrogens with one attached hydrogen (secondary N) is 1. The smallest absolute Gasteiger partial charge is 0.161 e. The van der Waals surface area contributed by atoms with Crippen molar-refractivity contribution >= 4 is 12.4 Å². The summed E-state index contributed by atoms with van der Waals surface area (Å²) in [5.41, 5.74) is 1.26. The van der Waals surface area contributed by atoms with Gasteiger partial charge in [-0.25, -0.2) is 0 Å². The van der Waals surface area contributed by atoms with Crippen LogP contribution in [0, 0.1) is 0 Å². The van der Waals surface area contributed by atoms with E-state index in [-0.39, 0.29) is 12.4 Å². The first-order valence-electron chi connectivity index (χ1n) is 6.01. The molecular weight excluding hydrogens is 252 g/mol. The second kappa shape index (κ2) is 7.46. The topological polar surface area (TPSA) is 33.7 Å². The minimum absolute atomic E-state index is 0. The summed E-state index contributed by atoms with van der Waals surface area (Å²) in [4.78, 5) is 2.28. The van der Waals surface area contributed by atoms with Gasteiger partial charge in [0.2, 0.25) is 0 Å². The first kappa shape index (κ1) is 15.1. The van der Waals surface area contributed by atoms with Crippen molar-refractivity contribution in [1.82, 2.24) is 10.2 Å². The molecular formula is C13H21ClN2O2. The number of ether oxygens (including phenoxy) is 2. The Labute approximate surface area is 115 Å².